The first-order valence-corrected chi connectivity index (χ1v) is 3.09. The molecule has 0 aliphatic rings. The van der Waals surface area contributed by atoms with Crippen LogP contribution in [0.4, 0.5) is 5.82 Å². The van der Waals surface area contributed by atoms with Gasteiger partial charge in [0.2, 0.25) is 0 Å². The number of hydrogen-bond acceptors (Lipinski definition) is 3. The number of rotatable bonds is 3. The lowest BCUT2D eigenvalue weighted by Gasteiger charge is -1.87. The normalized spacial score (nSPS) is 10.3. The maximum atomic E-state index is 4.63. The van der Waals surface area contributed by atoms with E-state index in [0.29, 0.717) is 5.82 Å². The van der Waals surface area contributed by atoms with Crippen molar-refractivity contribution in [3.8, 4) is 0 Å². The van der Waals surface area contributed by atoms with E-state index in [1.54, 1.807) is 12.4 Å². The maximum absolute atomic E-state index is 4.63. The Hall–Kier alpha value is -1.58. The van der Waals surface area contributed by atoms with Gasteiger partial charge in [-0.15, -0.1) is 0 Å². The quantitative estimate of drug-likeness (QED) is 0.523. The molecular weight excluding hydrogens is 142 g/mol. The lowest BCUT2D eigenvalue weighted by molar-refractivity contribution is 0.423. The predicted molar refractivity (Wildman–Crippen MR) is 43.8 cm³/mol. The number of aromatic amines is 1. The number of ether oxygens (including phenoxy) is 1. The maximum Gasteiger partial charge on any atom is 0.180 e. The van der Waals surface area contributed by atoms with Gasteiger partial charge < -0.3 is 9.72 Å². The first-order chi connectivity index (χ1) is 5.38. The SMILES string of the molecule is C=Cc1[nH]cnc1/N=C/OC. The molecule has 0 unspecified atom stereocenters. The van der Waals surface area contributed by atoms with Gasteiger partial charge in [-0.3, -0.25) is 0 Å². The highest BCUT2D eigenvalue weighted by Gasteiger charge is 1.96. The van der Waals surface area contributed by atoms with E-state index in [1.165, 1.54) is 13.5 Å². The molecule has 0 aliphatic heterocycles. The summed E-state index contributed by atoms with van der Waals surface area (Å²) < 4.78 is 4.63. The minimum absolute atomic E-state index is 0.585. The second kappa shape index (κ2) is 3.55. The van der Waals surface area contributed by atoms with Crippen molar-refractivity contribution in [2.45, 2.75) is 0 Å². The standard InChI is InChI=1S/C7H9N3O/c1-3-6-7(9-4-8-6)10-5-11-2/h3-5H,1H2,2H3,(H,8,9)/b10-5+. The van der Waals surface area contributed by atoms with Gasteiger partial charge in [0, 0.05) is 0 Å². The Balaban J connectivity index is 2.84. The molecule has 1 rings (SSSR count). The molecule has 0 aliphatic carbocycles. The molecule has 0 aromatic carbocycles. The molecule has 1 heterocycles. The van der Waals surface area contributed by atoms with Crippen LogP contribution >= 0.6 is 0 Å². The van der Waals surface area contributed by atoms with Crippen LogP contribution in [0, 0.1) is 0 Å². The van der Waals surface area contributed by atoms with Crippen molar-refractivity contribution in [3.63, 3.8) is 0 Å². The van der Waals surface area contributed by atoms with Crippen LogP contribution in [0.3, 0.4) is 0 Å². The number of aliphatic imine (C=N–C) groups is 1. The van der Waals surface area contributed by atoms with Crippen molar-refractivity contribution in [2.75, 3.05) is 7.11 Å². The molecule has 58 valence electrons. The number of methoxy groups -OCH3 is 1. The van der Waals surface area contributed by atoms with Crippen LogP contribution in [0.25, 0.3) is 6.08 Å². The summed E-state index contributed by atoms with van der Waals surface area (Å²) in [5, 5.41) is 0. The Morgan fingerprint density at radius 1 is 1.82 bits per heavy atom. The molecule has 11 heavy (non-hydrogen) atoms. The first-order valence-electron chi connectivity index (χ1n) is 3.09. The van der Waals surface area contributed by atoms with Crippen LogP contribution in [-0.4, -0.2) is 23.5 Å². The summed E-state index contributed by atoms with van der Waals surface area (Å²) in [6.07, 6.45) is 4.53. The van der Waals surface area contributed by atoms with Crippen molar-refractivity contribution >= 4 is 18.3 Å². The summed E-state index contributed by atoms with van der Waals surface area (Å²) in [5.41, 5.74) is 0.790. The second-order valence-corrected chi connectivity index (χ2v) is 1.81. The Kier molecular flexibility index (Phi) is 2.43. The predicted octanol–water partition coefficient (Wildman–Crippen LogP) is 1.36. The number of nitrogens with one attached hydrogen (secondary N) is 1. The van der Waals surface area contributed by atoms with Gasteiger partial charge >= 0.3 is 0 Å². The Bertz CT molecular complexity index is 264. The average molecular weight is 151 g/mol. The molecule has 0 fully saturated rings. The number of hydrogen-bond donors (Lipinski definition) is 1. The van der Waals surface area contributed by atoms with E-state index >= 15 is 0 Å². The highest BCUT2D eigenvalue weighted by Crippen LogP contribution is 2.12. The van der Waals surface area contributed by atoms with Crippen LogP contribution in [0.1, 0.15) is 5.69 Å². The topological polar surface area (TPSA) is 50.3 Å². The fraction of sp³-hybridized carbons (Fsp3) is 0.143. The van der Waals surface area contributed by atoms with Crippen molar-refractivity contribution in [1.82, 2.24) is 9.97 Å². The zero-order valence-electron chi connectivity index (χ0n) is 6.24. The Morgan fingerprint density at radius 2 is 2.64 bits per heavy atom. The van der Waals surface area contributed by atoms with Crippen LogP contribution < -0.4 is 0 Å². The summed E-state index contributed by atoms with van der Waals surface area (Å²) in [7, 11) is 1.53. The van der Waals surface area contributed by atoms with Gasteiger partial charge in [0.1, 0.15) is 0 Å². The molecule has 4 heteroatoms. The van der Waals surface area contributed by atoms with Gasteiger partial charge in [0.15, 0.2) is 12.2 Å². The van der Waals surface area contributed by atoms with Crippen LogP contribution in [0.15, 0.2) is 17.9 Å². The van der Waals surface area contributed by atoms with Gasteiger partial charge in [0.05, 0.1) is 19.1 Å². The lowest BCUT2D eigenvalue weighted by Crippen LogP contribution is -1.76. The molecule has 0 saturated carbocycles. The van der Waals surface area contributed by atoms with Crippen molar-refractivity contribution < 1.29 is 4.74 Å². The minimum atomic E-state index is 0.585. The Morgan fingerprint density at radius 3 is 3.27 bits per heavy atom. The molecular formula is C7H9N3O. The van der Waals surface area contributed by atoms with Crippen LogP contribution in [0.5, 0.6) is 0 Å². The Labute approximate surface area is 64.6 Å². The molecule has 0 spiro atoms. The first kappa shape index (κ1) is 7.53. The van der Waals surface area contributed by atoms with Crippen molar-refractivity contribution in [3.05, 3.63) is 18.6 Å². The minimum Gasteiger partial charge on any atom is -0.486 e. The van der Waals surface area contributed by atoms with Crippen LogP contribution in [0.2, 0.25) is 0 Å². The van der Waals surface area contributed by atoms with E-state index in [0.717, 1.165) is 5.69 Å². The number of nitrogens with zero attached hydrogens (tertiary/aromatic N) is 2. The zero-order valence-corrected chi connectivity index (χ0v) is 6.24. The van der Waals surface area contributed by atoms with E-state index in [1.807, 2.05) is 0 Å². The summed E-state index contributed by atoms with van der Waals surface area (Å²) in [5.74, 6) is 0.585. The third-order valence-electron chi connectivity index (χ3n) is 1.13. The largest absolute Gasteiger partial charge is 0.486 e. The molecule has 1 aromatic heterocycles. The number of aromatic nitrogens is 2. The fourth-order valence-electron chi connectivity index (χ4n) is 0.653. The summed E-state index contributed by atoms with van der Waals surface area (Å²) in [6.45, 7) is 3.59. The van der Waals surface area contributed by atoms with E-state index in [9.17, 15) is 0 Å². The van der Waals surface area contributed by atoms with Gasteiger partial charge in [-0.1, -0.05) is 6.58 Å². The highest BCUT2D eigenvalue weighted by atomic mass is 16.5. The van der Waals surface area contributed by atoms with Crippen molar-refractivity contribution in [1.29, 1.82) is 0 Å². The monoisotopic (exact) mass is 151 g/mol. The number of H-pyrrole nitrogens is 1. The molecule has 1 N–H and O–H groups in total. The number of imidazole rings is 1. The van der Waals surface area contributed by atoms with Gasteiger partial charge in [-0.25, -0.2) is 4.98 Å². The zero-order chi connectivity index (χ0) is 8.10. The smallest absolute Gasteiger partial charge is 0.180 e. The average Bonchev–Trinajstić information content (AvgIpc) is 2.47. The summed E-state index contributed by atoms with van der Waals surface area (Å²) in [6, 6.07) is 0. The van der Waals surface area contributed by atoms with E-state index in [2.05, 4.69) is 26.3 Å². The molecule has 0 amide bonds. The summed E-state index contributed by atoms with van der Waals surface area (Å²) in [4.78, 5) is 10.7. The highest BCUT2D eigenvalue weighted by molar-refractivity contribution is 5.61. The third kappa shape index (κ3) is 1.67. The van der Waals surface area contributed by atoms with Crippen LogP contribution in [-0.2, 0) is 4.74 Å². The van der Waals surface area contributed by atoms with Gasteiger partial charge in [0.25, 0.3) is 0 Å². The van der Waals surface area contributed by atoms with E-state index in [4.69, 9.17) is 0 Å². The van der Waals surface area contributed by atoms with Crippen molar-refractivity contribution in [2.24, 2.45) is 4.99 Å². The molecule has 1 aromatic rings. The second-order valence-electron chi connectivity index (χ2n) is 1.81. The molecule has 0 atom stereocenters. The molecule has 0 radical (unpaired) electrons. The van der Waals surface area contributed by atoms with E-state index < -0.39 is 0 Å². The molecule has 4 nitrogen and oxygen atoms in total. The molecule has 0 bridgehead atoms. The molecule has 0 saturated heterocycles. The summed E-state index contributed by atoms with van der Waals surface area (Å²) >= 11 is 0. The van der Waals surface area contributed by atoms with Gasteiger partial charge in [-0.05, 0) is 6.08 Å². The third-order valence-corrected chi connectivity index (χ3v) is 1.13. The van der Waals surface area contributed by atoms with E-state index in [-0.39, 0.29) is 0 Å². The van der Waals surface area contributed by atoms with Gasteiger partial charge in [-0.2, -0.15) is 4.99 Å². The fourth-order valence-corrected chi connectivity index (χ4v) is 0.653. The lowest BCUT2D eigenvalue weighted by atomic mass is 10.4.